The molecule has 3 heterocycles. The van der Waals surface area contributed by atoms with E-state index in [0.29, 0.717) is 18.7 Å². The average molecular weight is 407 g/mol. The van der Waals surface area contributed by atoms with Crippen molar-refractivity contribution in [2.75, 3.05) is 6.54 Å². The van der Waals surface area contributed by atoms with Crippen LogP contribution >= 0.6 is 0 Å². The van der Waals surface area contributed by atoms with Crippen LogP contribution in [0.2, 0.25) is 0 Å². The molecule has 2 amide bonds. The van der Waals surface area contributed by atoms with Gasteiger partial charge in [-0.3, -0.25) is 14.3 Å². The van der Waals surface area contributed by atoms with Crippen LogP contribution in [-0.4, -0.2) is 44.1 Å². The third-order valence-corrected chi connectivity index (χ3v) is 5.38. The number of nitrogens with zero attached hydrogens (tertiary/aromatic N) is 4. The smallest absolute Gasteiger partial charge is 0.277 e. The Morgan fingerprint density at radius 2 is 2.10 bits per heavy atom. The molecule has 4 rings (SSSR count). The van der Waals surface area contributed by atoms with Crippen molar-refractivity contribution in [3.05, 3.63) is 59.9 Å². The molecule has 1 N–H and O–H groups in total. The number of benzene rings is 1. The summed E-state index contributed by atoms with van der Waals surface area (Å²) in [6.45, 7) is 2.79. The zero-order valence-corrected chi connectivity index (χ0v) is 17.2. The molecule has 0 aliphatic carbocycles. The second kappa shape index (κ2) is 8.52. The van der Waals surface area contributed by atoms with Gasteiger partial charge in [0.25, 0.3) is 5.91 Å². The summed E-state index contributed by atoms with van der Waals surface area (Å²) in [5.41, 5.74) is 2.68. The number of hydrogen-bond acceptors (Lipinski definition) is 5. The van der Waals surface area contributed by atoms with Gasteiger partial charge in [-0.2, -0.15) is 5.10 Å². The number of aromatic nitrogens is 3. The van der Waals surface area contributed by atoms with E-state index in [9.17, 15) is 9.59 Å². The van der Waals surface area contributed by atoms with E-state index < -0.39 is 6.04 Å². The quantitative estimate of drug-likeness (QED) is 0.702. The van der Waals surface area contributed by atoms with Gasteiger partial charge in [-0.1, -0.05) is 30.3 Å². The fourth-order valence-corrected chi connectivity index (χ4v) is 3.86. The first-order valence-corrected chi connectivity index (χ1v) is 10.1. The molecular formula is C22H25N5O3. The van der Waals surface area contributed by atoms with Crippen LogP contribution in [0.15, 0.2) is 47.2 Å². The van der Waals surface area contributed by atoms with E-state index in [4.69, 9.17) is 4.42 Å². The zero-order valence-electron chi connectivity index (χ0n) is 17.2. The lowest BCUT2D eigenvalue weighted by Crippen LogP contribution is -2.48. The van der Waals surface area contributed by atoms with Gasteiger partial charge >= 0.3 is 0 Å². The van der Waals surface area contributed by atoms with Crippen molar-refractivity contribution < 1.29 is 14.0 Å². The Morgan fingerprint density at radius 3 is 2.83 bits per heavy atom. The molecule has 0 bridgehead atoms. The molecular weight excluding hydrogens is 382 g/mol. The molecule has 3 aromatic rings. The molecule has 0 radical (unpaired) electrons. The molecule has 8 nitrogen and oxygen atoms in total. The Kier molecular flexibility index (Phi) is 5.65. The number of oxazole rings is 1. The number of hydrogen-bond donors (Lipinski definition) is 1. The third-order valence-electron chi connectivity index (χ3n) is 5.38. The number of nitrogens with one attached hydrogen (secondary N) is 1. The molecule has 1 fully saturated rings. The van der Waals surface area contributed by atoms with E-state index in [1.54, 1.807) is 9.58 Å². The Bertz CT molecular complexity index is 1040. The molecule has 156 valence electrons. The molecule has 1 aliphatic heterocycles. The van der Waals surface area contributed by atoms with Gasteiger partial charge in [0.05, 0.1) is 17.9 Å². The number of carbonyl (C=O) groups excluding carboxylic acids is 2. The molecule has 1 atom stereocenters. The molecule has 0 spiro atoms. The minimum Gasteiger partial charge on any atom is -0.443 e. The summed E-state index contributed by atoms with van der Waals surface area (Å²) in [7, 11) is 1.84. The van der Waals surface area contributed by atoms with E-state index >= 15 is 0 Å². The molecule has 0 saturated carbocycles. The second-order valence-corrected chi connectivity index (χ2v) is 7.53. The zero-order chi connectivity index (χ0) is 21.1. The molecule has 30 heavy (non-hydrogen) atoms. The minimum absolute atomic E-state index is 0.135. The fourth-order valence-electron chi connectivity index (χ4n) is 3.86. The number of rotatable bonds is 5. The van der Waals surface area contributed by atoms with Gasteiger partial charge in [-0.05, 0) is 32.3 Å². The van der Waals surface area contributed by atoms with Gasteiger partial charge in [0.15, 0.2) is 17.8 Å². The lowest BCUT2D eigenvalue weighted by molar-refractivity contribution is -0.125. The van der Waals surface area contributed by atoms with Crippen LogP contribution in [0.5, 0.6) is 0 Å². The van der Waals surface area contributed by atoms with Crippen LogP contribution in [0.25, 0.3) is 11.3 Å². The molecule has 1 saturated heterocycles. The predicted octanol–water partition coefficient (Wildman–Crippen LogP) is 2.69. The maximum Gasteiger partial charge on any atom is 0.277 e. The van der Waals surface area contributed by atoms with E-state index in [2.05, 4.69) is 15.4 Å². The fraction of sp³-hybridized carbons (Fsp3) is 0.364. The van der Waals surface area contributed by atoms with Crippen molar-refractivity contribution in [3.8, 4) is 11.3 Å². The van der Waals surface area contributed by atoms with Gasteiger partial charge < -0.3 is 14.6 Å². The Balaban J connectivity index is 1.72. The van der Waals surface area contributed by atoms with Gasteiger partial charge in [0, 0.05) is 19.2 Å². The highest BCUT2D eigenvalue weighted by atomic mass is 16.3. The predicted molar refractivity (Wildman–Crippen MR) is 110 cm³/mol. The lowest BCUT2D eigenvalue weighted by atomic mass is 10.1. The standard InChI is InChI=1S/C22H25N5O3/c1-15-12-17(26(2)25-15)13-27(18-10-6-7-11-23-21(18)28)22(29)19-20(30-14-24-19)16-8-4-3-5-9-16/h3-5,8-9,12,14,18H,6-7,10-11,13H2,1-2H3,(H,23,28)/t18-/m0/s1. The molecule has 2 aromatic heterocycles. The number of amides is 2. The van der Waals surface area contributed by atoms with Gasteiger partial charge in [-0.15, -0.1) is 0 Å². The van der Waals surface area contributed by atoms with E-state index in [0.717, 1.165) is 29.8 Å². The summed E-state index contributed by atoms with van der Waals surface area (Å²) in [6.07, 6.45) is 3.64. The average Bonchev–Trinajstić information content (AvgIpc) is 3.29. The van der Waals surface area contributed by atoms with Crippen molar-refractivity contribution in [2.45, 2.75) is 38.8 Å². The number of aryl methyl sites for hydroxylation is 2. The van der Waals surface area contributed by atoms with Crippen LogP contribution in [0, 0.1) is 6.92 Å². The Hall–Kier alpha value is -3.42. The summed E-state index contributed by atoms with van der Waals surface area (Å²) in [5.74, 6) is -0.0613. The molecule has 1 aromatic carbocycles. The van der Waals surface area contributed by atoms with Crippen molar-refractivity contribution in [1.82, 2.24) is 25.0 Å². The molecule has 8 heteroatoms. The normalized spacial score (nSPS) is 16.7. The van der Waals surface area contributed by atoms with Crippen molar-refractivity contribution in [1.29, 1.82) is 0 Å². The molecule has 0 unspecified atom stereocenters. The topological polar surface area (TPSA) is 93.3 Å². The monoisotopic (exact) mass is 407 g/mol. The summed E-state index contributed by atoms with van der Waals surface area (Å²) in [6, 6.07) is 10.7. The first kappa shape index (κ1) is 19.9. The highest BCUT2D eigenvalue weighted by Crippen LogP contribution is 2.26. The van der Waals surface area contributed by atoms with Gasteiger partial charge in [0.1, 0.15) is 6.04 Å². The first-order chi connectivity index (χ1) is 14.5. The SMILES string of the molecule is Cc1cc(CN(C(=O)c2ncoc2-c2ccccc2)[C@H]2CCCCNC2=O)n(C)n1. The summed E-state index contributed by atoms with van der Waals surface area (Å²) in [4.78, 5) is 32.3. The largest absolute Gasteiger partial charge is 0.443 e. The van der Waals surface area contributed by atoms with Crippen molar-refractivity contribution in [3.63, 3.8) is 0 Å². The van der Waals surface area contributed by atoms with Gasteiger partial charge in [-0.25, -0.2) is 4.98 Å². The van der Waals surface area contributed by atoms with E-state index in [1.807, 2.05) is 50.4 Å². The minimum atomic E-state index is -0.574. The van der Waals surface area contributed by atoms with Crippen LogP contribution in [0.1, 0.15) is 41.1 Å². The third kappa shape index (κ3) is 3.98. The Morgan fingerprint density at radius 1 is 1.30 bits per heavy atom. The van der Waals surface area contributed by atoms with Gasteiger partial charge in [0.2, 0.25) is 5.91 Å². The highest BCUT2D eigenvalue weighted by Gasteiger charge is 2.34. The Labute approximate surface area is 174 Å². The van der Waals surface area contributed by atoms with E-state index in [1.165, 1.54) is 6.39 Å². The van der Waals surface area contributed by atoms with Crippen molar-refractivity contribution in [2.24, 2.45) is 7.05 Å². The van der Waals surface area contributed by atoms with Crippen LogP contribution in [0.4, 0.5) is 0 Å². The van der Waals surface area contributed by atoms with Crippen LogP contribution in [-0.2, 0) is 18.4 Å². The highest BCUT2D eigenvalue weighted by molar-refractivity contribution is 6.00. The lowest BCUT2D eigenvalue weighted by Gasteiger charge is -2.29. The summed E-state index contributed by atoms with van der Waals surface area (Å²) < 4.78 is 7.30. The van der Waals surface area contributed by atoms with Crippen LogP contribution in [0.3, 0.4) is 0 Å². The number of carbonyl (C=O) groups is 2. The summed E-state index contributed by atoms with van der Waals surface area (Å²) in [5, 5.41) is 7.31. The van der Waals surface area contributed by atoms with E-state index in [-0.39, 0.29) is 24.1 Å². The summed E-state index contributed by atoms with van der Waals surface area (Å²) >= 11 is 0. The van der Waals surface area contributed by atoms with Crippen LogP contribution < -0.4 is 5.32 Å². The molecule has 1 aliphatic rings. The first-order valence-electron chi connectivity index (χ1n) is 10.1. The van der Waals surface area contributed by atoms with Crippen molar-refractivity contribution >= 4 is 11.8 Å². The second-order valence-electron chi connectivity index (χ2n) is 7.53. The maximum absolute atomic E-state index is 13.7. The maximum atomic E-state index is 13.7.